The zero-order chi connectivity index (χ0) is 24.6. The van der Waals surface area contributed by atoms with Gasteiger partial charge in [0.15, 0.2) is 11.5 Å². The maximum Gasteiger partial charge on any atom is 0.259 e. The van der Waals surface area contributed by atoms with Gasteiger partial charge in [-0.2, -0.15) is 9.41 Å². The van der Waals surface area contributed by atoms with Crippen molar-refractivity contribution in [1.82, 2.24) is 15.0 Å². The first kappa shape index (κ1) is 25.2. The van der Waals surface area contributed by atoms with Crippen LogP contribution in [0.1, 0.15) is 35.2 Å². The average molecular weight is 489 g/mol. The summed E-state index contributed by atoms with van der Waals surface area (Å²) in [5.74, 6) is 0.0821. The molecule has 2 aromatic rings. The maximum atomic E-state index is 12.7. The Balaban J connectivity index is 1.50. The van der Waals surface area contributed by atoms with Crippen LogP contribution >= 0.6 is 0 Å². The maximum absolute atomic E-state index is 12.7. The van der Waals surface area contributed by atoms with E-state index in [2.05, 4.69) is 15.8 Å². The first-order chi connectivity index (χ1) is 16.3. The molecular weight excluding hydrogens is 460 g/mol. The molecule has 2 amide bonds. The molecule has 11 heteroatoms. The largest absolute Gasteiger partial charge is 0.493 e. The number of rotatable bonds is 9. The predicted molar refractivity (Wildman–Crippen MR) is 127 cm³/mol. The summed E-state index contributed by atoms with van der Waals surface area (Å²) in [5, 5.41) is 6.34. The summed E-state index contributed by atoms with van der Waals surface area (Å²) >= 11 is 0. The Hall–Kier alpha value is -3.44. The second kappa shape index (κ2) is 11.6. The summed E-state index contributed by atoms with van der Waals surface area (Å²) in [7, 11) is -0.513. The molecule has 34 heavy (non-hydrogen) atoms. The van der Waals surface area contributed by atoms with Gasteiger partial charge in [0.2, 0.25) is 10.0 Å². The fourth-order valence-electron chi connectivity index (χ4n) is 3.45. The van der Waals surface area contributed by atoms with Crippen molar-refractivity contribution in [2.75, 3.05) is 33.9 Å². The molecule has 1 fully saturated rings. The average Bonchev–Trinajstić information content (AvgIpc) is 2.87. The lowest BCUT2D eigenvalue weighted by Gasteiger charge is -2.25. The van der Waals surface area contributed by atoms with Crippen LogP contribution in [0.2, 0.25) is 0 Å². The molecule has 0 bridgehead atoms. The van der Waals surface area contributed by atoms with Gasteiger partial charge in [-0.05, 0) is 60.9 Å². The number of carbonyl (C=O) groups excluding carboxylic acids is 2. The molecule has 3 rings (SSSR count). The molecule has 0 atom stereocenters. The summed E-state index contributed by atoms with van der Waals surface area (Å²) < 4.78 is 37.2. The van der Waals surface area contributed by atoms with E-state index in [1.807, 2.05) is 0 Å². The first-order valence-electron chi connectivity index (χ1n) is 10.8. The van der Waals surface area contributed by atoms with E-state index < -0.39 is 21.8 Å². The number of carbonyl (C=O) groups is 2. The highest BCUT2D eigenvalue weighted by molar-refractivity contribution is 7.89. The lowest BCUT2D eigenvalue weighted by atomic mass is 10.2. The third-order valence-corrected chi connectivity index (χ3v) is 7.20. The number of hydrazone groups is 1. The predicted octanol–water partition coefficient (Wildman–Crippen LogP) is 1.76. The lowest BCUT2D eigenvalue weighted by molar-refractivity contribution is -0.120. The molecule has 1 aliphatic heterocycles. The summed E-state index contributed by atoms with van der Waals surface area (Å²) in [6.45, 7) is 0.721. The summed E-state index contributed by atoms with van der Waals surface area (Å²) in [6, 6.07) is 10.8. The number of ether oxygens (including phenoxy) is 2. The van der Waals surface area contributed by atoms with Crippen LogP contribution < -0.4 is 20.2 Å². The molecule has 2 N–H and O–H groups in total. The highest BCUT2D eigenvalue weighted by Gasteiger charge is 2.25. The number of nitrogens with zero attached hydrogens (tertiary/aromatic N) is 2. The SMILES string of the molecule is COc1ccc(/C=N/NC(=O)CNC(=O)c2ccc(S(=O)(=O)N3CCCCC3)cc2)cc1OC. The molecule has 0 saturated carbocycles. The van der Waals surface area contributed by atoms with Crippen molar-refractivity contribution in [2.45, 2.75) is 24.2 Å². The zero-order valence-corrected chi connectivity index (χ0v) is 19.9. The molecule has 182 valence electrons. The van der Waals surface area contributed by atoms with Crippen LogP contribution in [0.25, 0.3) is 0 Å². The van der Waals surface area contributed by atoms with Gasteiger partial charge in [-0.25, -0.2) is 13.8 Å². The Bertz CT molecular complexity index is 1140. The fraction of sp³-hybridized carbons (Fsp3) is 0.348. The molecule has 1 saturated heterocycles. The van der Waals surface area contributed by atoms with Crippen molar-refractivity contribution in [2.24, 2.45) is 5.10 Å². The van der Waals surface area contributed by atoms with Gasteiger partial charge in [-0.3, -0.25) is 9.59 Å². The van der Waals surface area contributed by atoms with E-state index in [4.69, 9.17) is 9.47 Å². The van der Waals surface area contributed by atoms with Crippen LogP contribution in [0.15, 0.2) is 52.5 Å². The Morgan fingerprint density at radius 2 is 1.68 bits per heavy atom. The second-order valence-corrected chi connectivity index (χ2v) is 9.52. The van der Waals surface area contributed by atoms with Crippen molar-refractivity contribution in [1.29, 1.82) is 0 Å². The minimum atomic E-state index is -3.57. The van der Waals surface area contributed by atoms with E-state index in [9.17, 15) is 18.0 Å². The molecule has 0 radical (unpaired) electrons. The van der Waals surface area contributed by atoms with E-state index in [0.29, 0.717) is 30.2 Å². The lowest BCUT2D eigenvalue weighted by Crippen LogP contribution is -2.36. The van der Waals surface area contributed by atoms with Gasteiger partial charge < -0.3 is 14.8 Å². The van der Waals surface area contributed by atoms with Gasteiger partial charge >= 0.3 is 0 Å². The van der Waals surface area contributed by atoms with Crippen molar-refractivity contribution in [3.63, 3.8) is 0 Å². The van der Waals surface area contributed by atoms with Gasteiger partial charge in [-0.15, -0.1) is 0 Å². The fourth-order valence-corrected chi connectivity index (χ4v) is 4.96. The van der Waals surface area contributed by atoms with Crippen molar-refractivity contribution < 1.29 is 27.5 Å². The molecule has 0 unspecified atom stereocenters. The molecule has 10 nitrogen and oxygen atoms in total. The Morgan fingerprint density at radius 3 is 2.32 bits per heavy atom. The Kier molecular flexibility index (Phi) is 8.61. The quantitative estimate of drug-likeness (QED) is 0.409. The van der Waals surface area contributed by atoms with Gasteiger partial charge in [0, 0.05) is 18.7 Å². The van der Waals surface area contributed by atoms with E-state index in [1.54, 1.807) is 18.2 Å². The highest BCUT2D eigenvalue weighted by atomic mass is 32.2. The highest BCUT2D eigenvalue weighted by Crippen LogP contribution is 2.26. The van der Waals surface area contributed by atoms with Crippen LogP contribution in [0, 0.1) is 0 Å². The van der Waals surface area contributed by atoms with Crippen LogP contribution in [0.4, 0.5) is 0 Å². The molecule has 0 aliphatic carbocycles. The van der Waals surface area contributed by atoms with Gasteiger partial charge in [0.1, 0.15) is 0 Å². The molecule has 1 heterocycles. The second-order valence-electron chi connectivity index (χ2n) is 7.58. The third kappa shape index (κ3) is 6.33. The number of hydrogen-bond acceptors (Lipinski definition) is 7. The third-order valence-electron chi connectivity index (χ3n) is 5.29. The van der Waals surface area contributed by atoms with E-state index in [0.717, 1.165) is 19.3 Å². The molecule has 0 aromatic heterocycles. The van der Waals surface area contributed by atoms with E-state index >= 15 is 0 Å². The molecule has 2 aromatic carbocycles. The van der Waals surface area contributed by atoms with Crippen LogP contribution in [-0.4, -0.2) is 64.6 Å². The summed E-state index contributed by atoms with van der Waals surface area (Å²) in [5.41, 5.74) is 3.26. The van der Waals surface area contributed by atoms with Crippen LogP contribution in [-0.2, 0) is 14.8 Å². The first-order valence-corrected chi connectivity index (χ1v) is 12.2. The normalized spacial score (nSPS) is 14.5. The van der Waals surface area contributed by atoms with Crippen molar-refractivity contribution in [3.05, 3.63) is 53.6 Å². The molecule has 0 spiro atoms. The molecular formula is C23H28N4O6S. The van der Waals surface area contributed by atoms with Crippen LogP contribution in [0.5, 0.6) is 11.5 Å². The number of nitrogens with one attached hydrogen (secondary N) is 2. The Labute approximate surface area is 199 Å². The topological polar surface area (TPSA) is 126 Å². The van der Waals surface area contributed by atoms with Gasteiger partial charge in [0.25, 0.3) is 11.8 Å². The van der Waals surface area contributed by atoms with Gasteiger partial charge in [-0.1, -0.05) is 6.42 Å². The minimum Gasteiger partial charge on any atom is -0.493 e. The van der Waals surface area contributed by atoms with E-state index in [1.165, 1.54) is 49.0 Å². The monoisotopic (exact) mass is 488 g/mol. The number of piperidine rings is 1. The number of sulfonamides is 1. The van der Waals surface area contributed by atoms with Crippen molar-refractivity contribution >= 4 is 28.1 Å². The number of methoxy groups -OCH3 is 2. The summed E-state index contributed by atoms with van der Waals surface area (Å²) in [4.78, 5) is 24.5. The number of hydrogen-bond donors (Lipinski definition) is 2. The summed E-state index contributed by atoms with van der Waals surface area (Å²) in [6.07, 6.45) is 4.16. The minimum absolute atomic E-state index is 0.146. The van der Waals surface area contributed by atoms with Gasteiger partial charge in [0.05, 0.1) is 31.9 Å². The van der Waals surface area contributed by atoms with E-state index in [-0.39, 0.29) is 17.0 Å². The number of benzene rings is 2. The smallest absolute Gasteiger partial charge is 0.259 e. The van der Waals surface area contributed by atoms with Crippen LogP contribution in [0.3, 0.4) is 0 Å². The molecule has 1 aliphatic rings. The number of amides is 2. The van der Waals surface area contributed by atoms with Crippen molar-refractivity contribution in [3.8, 4) is 11.5 Å². The zero-order valence-electron chi connectivity index (χ0n) is 19.1. The standard InChI is InChI=1S/C23H28N4O6S/c1-32-20-11-6-17(14-21(20)33-2)15-25-26-22(28)16-24-23(29)18-7-9-19(10-8-18)34(30,31)27-12-4-3-5-13-27/h6-11,14-15H,3-5,12-13,16H2,1-2H3,(H,24,29)(H,26,28)/b25-15+. The Morgan fingerprint density at radius 1 is 1.00 bits per heavy atom.